The van der Waals surface area contributed by atoms with E-state index in [-0.39, 0.29) is 12.6 Å². The first-order valence-corrected chi connectivity index (χ1v) is 3.73. The van der Waals surface area contributed by atoms with Crippen LogP contribution in [0.15, 0.2) is 0 Å². The van der Waals surface area contributed by atoms with Crippen LogP contribution in [0.4, 0.5) is 0 Å². The van der Waals surface area contributed by atoms with Crippen LogP contribution in [0.25, 0.3) is 0 Å². The van der Waals surface area contributed by atoms with E-state index < -0.39 is 5.60 Å². The summed E-state index contributed by atoms with van der Waals surface area (Å²) in [6, 6.07) is -0.138. The van der Waals surface area contributed by atoms with E-state index >= 15 is 0 Å². The van der Waals surface area contributed by atoms with Crippen molar-refractivity contribution in [1.82, 2.24) is 5.32 Å². The van der Waals surface area contributed by atoms with Crippen molar-refractivity contribution >= 4 is 0 Å². The standard InChI is InChI=1S/C7H15NO2/c1-7(10)3-2-4-8-6(7)5-9/h6,8-10H,2-5H2,1H3/t6-,7-/m1/s1. The second kappa shape index (κ2) is 2.86. The van der Waals surface area contributed by atoms with E-state index in [0.717, 1.165) is 19.4 Å². The van der Waals surface area contributed by atoms with Gasteiger partial charge >= 0.3 is 0 Å². The number of rotatable bonds is 1. The van der Waals surface area contributed by atoms with Gasteiger partial charge in [-0.15, -0.1) is 0 Å². The monoisotopic (exact) mass is 145 g/mol. The first-order valence-electron chi connectivity index (χ1n) is 3.73. The van der Waals surface area contributed by atoms with Crippen molar-refractivity contribution in [3.8, 4) is 0 Å². The first-order chi connectivity index (χ1) is 4.67. The molecule has 0 unspecified atom stereocenters. The molecule has 0 radical (unpaired) electrons. The molecule has 0 amide bonds. The minimum absolute atomic E-state index is 0.0208. The molecule has 0 aliphatic carbocycles. The van der Waals surface area contributed by atoms with Gasteiger partial charge in [0.25, 0.3) is 0 Å². The average molecular weight is 145 g/mol. The van der Waals surface area contributed by atoms with Crippen LogP contribution in [0.1, 0.15) is 19.8 Å². The van der Waals surface area contributed by atoms with Crippen LogP contribution in [0.3, 0.4) is 0 Å². The Morgan fingerprint density at radius 1 is 1.70 bits per heavy atom. The van der Waals surface area contributed by atoms with Crippen LogP contribution in [0, 0.1) is 0 Å². The molecule has 60 valence electrons. The third kappa shape index (κ3) is 1.48. The Kier molecular flexibility index (Phi) is 2.28. The maximum atomic E-state index is 9.61. The molecule has 0 aromatic heterocycles. The van der Waals surface area contributed by atoms with Crippen molar-refractivity contribution in [3.05, 3.63) is 0 Å². The topological polar surface area (TPSA) is 52.5 Å². The number of hydrogen-bond donors (Lipinski definition) is 3. The van der Waals surface area contributed by atoms with E-state index in [2.05, 4.69) is 5.32 Å². The Bertz CT molecular complexity index is 114. The molecule has 1 fully saturated rings. The van der Waals surface area contributed by atoms with E-state index in [4.69, 9.17) is 5.11 Å². The van der Waals surface area contributed by atoms with Gasteiger partial charge in [0.1, 0.15) is 0 Å². The second-order valence-electron chi connectivity index (χ2n) is 3.15. The Balaban J connectivity index is 2.51. The van der Waals surface area contributed by atoms with Crippen molar-refractivity contribution in [1.29, 1.82) is 0 Å². The fourth-order valence-electron chi connectivity index (χ4n) is 1.38. The zero-order valence-corrected chi connectivity index (χ0v) is 6.30. The van der Waals surface area contributed by atoms with Gasteiger partial charge in [0.15, 0.2) is 0 Å². The molecule has 0 bridgehead atoms. The molecule has 3 nitrogen and oxygen atoms in total. The summed E-state index contributed by atoms with van der Waals surface area (Å²) >= 11 is 0. The van der Waals surface area contributed by atoms with Gasteiger partial charge in [-0.3, -0.25) is 0 Å². The Morgan fingerprint density at radius 3 is 2.80 bits per heavy atom. The van der Waals surface area contributed by atoms with Gasteiger partial charge in [-0.1, -0.05) is 0 Å². The molecular formula is C7H15NO2. The van der Waals surface area contributed by atoms with Crippen molar-refractivity contribution in [2.24, 2.45) is 0 Å². The van der Waals surface area contributed by atoms with Gasteiger partial charge in [0.05, 0.1) is 18.2 Å². The predicted octanol–water partition coefficient (Wildman–Crippen LogP) is -0.518. The molecular weight excluding hydrogens is 130 g/mol. The molecule has 0 saturated carbocycles. The zero-order valence-electron chi connectivity index (χ0n) is 6.30. The highest BCUT2D eigenvalue weighted by Crippen LogP contribution is 2.20. The molecule has 3 N–H and O–H groups in total. The van der Waals surface area contributed by atoms with E-state index in [1.807, 2.05) is 0 Å². The predicted molar refractivity (Wildman–Crippen MR) is 38.7 cm³/mol. The van der Waals surface area contributed by atoms with Gasteiger partial charge in [-0.05, 0) is 26.3 Å². The molecule has 1 saturated heterocycles. The summed E-state index contributed by atoms with van der Waals surface area (Å²) in [5, 5.41) is 21.5. The van der Waals surface area contributed by atoms with E-state index in [1.165, 1.54) is 0 Å². The van der Waals surface area contributed by atoms with Gasteiger partial charge in [0, 0.05) is 0 Å². The SMILES string of the molecule is C[C@@]1(O)CCCN[C@@H]1CO. The van der Waals surface area contributed by atoms with E-state index in [1.54, 1.807) is 6.92 Å². The number of aliphatic hydroxyl groups excluding tert-OH is 1. The molecule has 10 heavy (non-hydrogen) atoms. The largest absolute Gasteiger partial charge is 0.395 e. The minimum Gasteiger partial charge on any atom is -0.395 e. The summed E-state index contributed by atoms with van der Waals surface area (Å²) in [6.45, 7) is 2.69. The van der Waals surface area contributed by atoms with Gasteiger partial charge < -0.3 is 15.5 Å². The van der Waals surface area contributed by atoms with Gasteiger partial charge in [-0.25, -0.2) is 0 Å². The fraction of sp³-hybridized carbons (Fsp3) is 1.00. The van der Waals surface area contributed by atoms with Crippen LogP contribution in [0.2, 0.25) is 0 Å². The summed E-state index contributed by atoms with van der Waals surface area (Å²) in [6.07, 6.45) is 1.77. The summed E-state index contributed by atoms with van der Waals surface area (Å²) < 4.78 is 0. The molecule has 2 atom stereocenters. The second-order valence-corrected chi connectivity index (χ2v) is 3.15. The highest BCUT2D eigenvalue weighted by molar-refractivity contribution is 4.90. The third-order valence-corrected chi connectivity index (χ3v) is 2.18. The van der Waals surface area contributed by atoms with Crippen molar-refractivity contribution in [3.63, 3.8) is 0 Å². The number of piperidine rings is 1. The smallest absolute Gasteiger partial charge is 0.0794 e. The summed E-state index contributed by atoms with van der Waals surface area (Å²) in [7, 11) is 0. The molecule has 1 heterocycles. The van der Waals surface area contributed by atoms with Crippen LogP contribution >= 0.6 is 0 Å². The maximum Gasteiger partial charge on any atom is 0.0794 e. The summed E-state index contributed by atoms with van der Waals surface area (Å²) in [4.78, 5) is 0. The quantitative estimate of drug-likeness (QED) is 0.465. The molecule has 0 spiro atoms. The highest BCUT2D eigenvalue weighted by Gasteiger charge is 2.33. The highest BCUT2D eigenvalue weighted by atomic mass is 16.3. The molecule has 0 aromatic rings. The minimum atomic E-state index is -0.715. The Morgan fingerprint density at radius 2 is 2.40 bits per heavy atom. The average Bonchev–Trinajstić information content (AvgIpc) is 1.87. The lowest BCUT2D eigenvalue weighted by Crippen LogP contribution is -2.54. The van der Waals surface area contributed by atoms with Crippen LogP contribution in [0.5, 0.6) is 0 Å². The molecule has 3 heteroatoms. The van der Waals surface area contributed by atoms with E-state index in [0.29, 0.717) is 0 Å². The van der Waals surface area contributed by atoms with Crippen LogP contribution in [-0.2, 0) is 0 Å². The molecule has 1 aliphatic heterocycles. The molecule has 0 aromatic carbocycles. The van der Waals surface area contributed by atoms with Crippen molar-refractivity contribution in [2.45, 2.75) is 31.4 Å². The van der Waals surface area contributed by atoms with E-state index in [9.17, 15) is 5.11 Å². The first kappa shape index (κ1) is 7.98. The lowest BCUT2D eigenvalue weighted by molar-refractivity contribution is -0.0246. The zero-order chi connectivity index (χ0) is 7.61. The maximum absolute atomic E-state index is 9.61. The van der Waals surface area contributed by atoms with Gasteiger partial charge in [0.2, 0.25) is 0 Å². The Hall–Kier alpha value is -0.120. The Labute approximate surface area is 61.1 Å². The number of hydrogen-bond acceptors (Lipinski definition) is 3. The lowest BCUT2D eigenvalue weighted by Gasteiger charge is -2.36. The normalized spacial score (nSPS) is 41.7. The van der Waals surface area contributed by atoms with Crippen LogP contribution in [-0.4, -0.2) is 35.0 Å². The summed E-state index contributed by atoms with van der Waals surface area (Å²) in [5.74, 6) is 0. The fourth-order valence-corrected chi connectivity index (χ4v) is 1.38. The van der Waals surface area contributed by atoms with Gasteiger partial charge in [-0.2, -0.15) is 0 Å². The van der Waals surface area contributed by atoms with Crippen molar-refractivity contribution in [2.75, 3.05) is 13.2 Å². The van der Waals surface area contributed by atoms with Crippen molar-refractivity contribution < 1.29 is 10.2 Å². The lowest BCUT2D eigenvalue weighted by atomic mass is 9.88. The number of nitrogens with one attached hydrogen (secondary N) is 1. The number of aliphatic hydroxyl groups is 2. The third-order valence-electron chi connectivity index (χ3n) is 2.18. The molecule has 1 rings (SSSR count). The van der Waals surface area contributed by atoms with Crippen LogP contribution < -0.4 is 5.32 Å². The summed E-state index contributed by atoms with van der Waals surface area (Å²) in [5.41, 5.74) is -0.715. The molecule has 1 aliphatic rings.